The Balaban J connectivity index is 1.66. The van der Waals surface area contributed by atoms with Gasteiger partial charge in [-0.1, -0.05) is 45.1 Å². The third-order valence-corrected chi connectivity index (χ3v) is 5.86. The summed E-state index contributed by atoms with van der Waals surface area (Å²) in [5, 5.41) is 0. The van der Waals surface area contributed by atoms with E-state index in [2.05, 4.69) is 6.92 Å². The molecule has 0 aliphatic heterocycles. The van der Waals surface area contributed by atoms with Gasteiger partial charge >= 0.3 is 0 Å². The van der Waals surface area contributed by atoms with Gasteiger partial charge in [0.05, 0.1) is 6.33 Å². The molecule has 0 amide bonds. The first-order valence-electron chi connectivity index (χ1n) is 8.58. The lowest BCUT2D eigenvalue weighted by molar-refractivity contribution is 0.143. The molecule has 0 aromatic rings. The Labute approximate surface area is 118 Å². The maximum absolute atomic E-state index is 11.9. The molecule has 0 saturated heterocycles. The van der Waals surface area contributed by atoms with E-state index < -0.39 is 0 Å². The highest BCUT2D eigenvalue weighted by molar-refractivity contribution is 4.83. The number of halogens is 1. The fraction of sp³-hybridized carbons (Fsp3) is 0.889. The molecule has 2 rings (SSSR count). The van der Waals surface area contributed by atoms with Gasteiger partial charge in [0, 0.05) is 0 Å². The van der Waals surface area contributed by atoms with Crippen LogP contribution in [-0.4, -0.2) is 0 Å². The standard InChI is InChI=1S/C18H31F/c1-2-15-6-10-17(11-7-15)18-12-8-16(9-13-18)5-3-4-14-19/h4,14-18H,2-3,5-13H2,1H3/t15-,16-,17-,18-. The van der Waals surface area contributed by atoms with Crippen LogP contribution >= 0.6 is 0 Å². The number of allylic oxidation sites excluding steroid dienone is 1. The van der Waals surface area contributed by atoms with Gasteiger partial charge in [0.2, 0.25) is 0 Å². The molecule has 0 bridgehead atoms. The van der Waals surface area contributed by atoms with Gasteiger partial charge in [0.15, 0.2) is 0 Å². The highest BCUT2D eigenvalue weighted by Crippen LogP contribution is 2.42. The number of hydrogen-bond donors (Lipinski definition) is 0. The number of hydrogen-bond acceptors (Lipinski definition) is 0. The van der Waals surface area contributed by atoms with Crippen molar-refractivity contribution in [1.82, 2.24) is 0 Å². The van der Waals surface area contributed by atoms with Gasteiger partial charge in [-0.05, 0) is 62.2 Å². The predicted octanol–water partition coefficient (Wildman–Crippen LogP) is 6.27. The molecule has 2 saturated carbocycles. The van der Waals surface area contributed by atoms with E-state index in [1.165, 1.54) is 64.2 Å². The van der Waals surface area contributed by atoms with Crippen LogP contribution in [0.4, 0.5) is 4.39 Å². The molecule has 0 aromatic carbocycles. The molecule has 0 unspecified atom stereocenters. The van der Waals surface area contributed by atoms with E-state index in [-0.39, 0.29) is 0 Å². The van der Waals surface area contributed by atoms with Gasteiger partial charge in [-0.25, -0.2) is 4.39 Å². The molecule has 110 valence electrons. The summed E-state index contributed by atoms with van der Waals surface area (Å²) in [6.45, 7) is 2.35. The third-order valence-electron chi connectivity index (χ3n) is 5.86. The van der Waals surface area contributed by atoms with Crippen LogP contribution in [0.5, 0.6) is 0 Å². The summed E-state index contributed by atoms with van der Waals surface area (Å²) >= 11 is 0. The molecule has 0 heterocycles. The second-order valence-electron chi connectivity index (χ2n) is 6.91. The second-order valence-corrected chi connectivity index (χ2v) is 6.91. The summed E-state index contributed by atoms with van der Waals surface area (Å²) in [6.07, 6.45) is 17.6. The van der Waals surface area contributed by atoms with Crippen molar-refractivity contribution in [2.45, 2.75) is 77.6 Å². The Kier molecular flexibility index (Phi) is 6.40. The molecule has 2 fully saturated rings. The zero-order chi connectivity index (χ0) is 13.5. The van der Waals surface area contributed by atoms with E-state index >= 15 is 0 Å². The Hall–Kier alpha value is -0.330. The first-order chi connectivity index (χ1) is 9.33. The monoisotopic (exact) mass is 266 g/mol. The van der Waals surface area contributed by atoms with Gasteiger partial charge in [-0.2, -0.15) is 0 Å². The van der Waals surface area contributed by atoms with Crippen LogP contribution < -0.4 is 0 Å². The average Bonchev–Trinajstić information content (AvgIpc) is 2.48. The minimum Gasteiger partial charge on any atom is -0.216 e. The molecular formula is C18H31F. The maximum Gasteiger partial charge on any atom is 0.0827 e. The van der Waals surface area contributed by atoms with E-state index in [1.807, 2.05) is 0 Å². The molecular weight excluding hydrogens is 235 g/mol. The molecule has 2 aliphatic rings. The Bertz CT molecular complexity index is 255. The molecule has 0 N–H and O–H groups in total. The smallest absolute Gasteiger partial charge is 0.0827 e. The van der Waals surface area contributed by atoms with Crippen LogP contribution in [0.2, 0.25) is 0 Å². The van der Waals surface area contributed by atoms with Gasteiger partial charge in [-0.15, -0.1) is 0 Å². The minimum absolute atomic E-state index is 0.706. The van der Waals surface area contributed by atoms with Gasteiger partial charge in [0.1, 0.15) is 0 Å². The zero-order valence-corrected chi connectivity index (χ0v) is 12.6. The minimum atomic E-state index is 0.706. The fourth-order valence-electron chi connectivity index (χ4n) is 4.41. The van der Waals surface area contributed by atoms with Gasteiger partial charge in [0.25, 0.3) is 0 Å². The Morgan fingerprint density at radius 3 is 1.84 bits per heavy atom. The third kappa shape index (κ3) is 4.61. The van der Waals surface area contributed by atoms with Gasteiger partial charge < -0.3 is 0 Å². The summed E-state index contributed by atoms with van der Waals surface area (Å²) in [6, 6.07) is 0. The van der Waals surface area contributed by atoms with Crippen LogP contribution in [0.15, 0.2) is 12.4 Å². The summed E-state index contributed by atoms with van der Waals surface area (Å²) < 4.78 is 11.9. The Morgan fingerprint density at radius 1 is 0.842 bits per heavy atom. The average molecular weight is 266 g/mol. The van der Waals surface area contributed by atoms with Crippen molar-refractivity contribution >= 4 is 0 Å². The van der Waals surface area contributed by atoms with E-state index in [9.17, 15) is 4.39 Å². The summed E-state index contributed by atoms with van der Waals surface area (Å²) in [5.41, 5.74) is 0. The summed E-state index contributed by atoms with van der Waals surface area (Å²) in [5.74, 6) is 3.96. The first kappa shape index (κ1) is 15.1. The van der Waals surface area contributed by atoms with Crippen LogP contribution in [0.1, 0.15) is 77.6 Å². The highest BCUT2D eigenvalue weighted by Gasteiger charge is 2.30. The van der Waals surface area contributed by atoms with Crippen molar-refractivity contribution in [2.75, 3.05) is 0 Å². The van der Waals surface area contributed by atoms with Crippen molar-refractivity contribution in [3.63, 3.8) is 0 Å². The first-order valence-corrected chi connectivity index (χ1v) is 8.58. The molecule has 0 radical (unpaired) electrons. The van der Waals surface area contributed by atoms with Crippen LogP contribution in [0.3, 0.4) is 0 Å². The van der Waals surface area contributed by atoms with E-state index in [1.54, 1.807) is 6.08 Å². The fourth-order valence-corrected chi connectivity index (χ4v) is 4.41. The summed E-state index contributed by atoms with van der Waals surface area (Å²) in [4.78, 5) is 0. The lowest BCUT2D eigenvalue weighted by Crippen LogP contribution is -2.25. The molecule has 19 heavy (non-hydrogen) atoms. The van der Waals surface area contributed by atoms with Crippen molar-refractivity contribution in [3.05, 3.63) is 12.4 Å². The van der Waals surface area contributed by atoms with Crippen molar-refractivity contribution in [2.24, 2.45) is 23.7 Å². The molecule has 2 aliphatic carbocycles. The van der Waals surface area contributed by atoms with E-state index in [0.29, 0.717) is 6.33 Å². The molecule has 0 spiro atoms. The quantitative estimate of drug-likeness (QED) is 0.550. The van der Waals surface area contributed by atoms with Crippen molar-refractivity contribution in [1.29, 1.82) is 0 Å². The summed E-state index contributed by atoms with van der Waals surface area (Å²) in [7, 11) is 0. The van der Waals surface area contributed by atoms with Crippen LogP contribution in [0, 0.1) is 23.7 Å². The van der Waals surface area contributed by atoms with Crippen LogP contribution in [-0.2, 0) is 0 Å². The normalized spacial score (nSPS) is 36.7. The Morgan fingerprint density at radius 2 is 1.37 bits per heavy atom. The van der Waals surface area contributed by atoms with Crippen molar-refractivity contribution in [3.8, 4) is 0 Å². The SMILES string of the molecule is CC[C@H]1CC[C@H]([C@H]2CC[C@H](CCC=CF)CC2)CC1. The lowest BCUT2D eigenvalue weighted by atomic mass is 9.68. The van der Waals surface area contributed by atoms with E-state index in [0.717, 1.165) is 30.1 Å². The molecule has 1 heteroatoms. The van der Waals surface area contributed by atoms with Crippen molar-refractivity contribution < 1.29 is 4.39 Å². The van der Waals surface area contributed by atoms with Crippen LogP contribution in [0.25, 0.3) is 0 Å². The number of rotatable bonds is 5. The maximum atomic E-state index is 11.9. The lowest BCUT2D eigenvalue weighted by Gasteiger charge is -2.37. The largest absolute Gasteiger partial charge is 0.216 e. The van der Waals surface area contributed by atoms with Gasteiger partial charge in [-0.3, -0.25) is 0 Å². The highest BCUT2D eigenvalue weighted by atomic mass is 19.1. The molecule has 0 nitrogen and oxygen atoms in total. The topological polar surface area (TPSA) is 0 Å². The molecule has 0 aromatic heterocycles. The zero-order valence-electron chi connectivity index (χ0n) is 12.6. The predicted molar refractivity (Wildman–Crippen MR) is 80.7 cm³/mol. The van der Waals surface area contributed by atoms with E-state index in [4.69, 9.17) is 0 Å². The molecule has 0 atom stereocenters. The second kappa shape index (κ2) is 8.07.